The smallest absolute Gasteiger partial charge is 0.311 e. The summed E-state index contributed by atoms with van der Waals surface area (Å²) in [5.41, 5.74) is 2.93. The molecule has 2 unspecified atom stereocenters. The predicted octanol–water partition coefficient (Wildman–Crippen LogP) is 3.69. The highest BCUT2D eigenvalue weighted by Crippen LogP contribution is 2.33. The molecular formula is C23H31ClN2O4S. The number of benzene rings is 2. The second kappa shape index (κ2) is 11.6. The van der Waals surface area contributed by atoms with E-state index in [1.165, 1.54) is 0 Å². The van der Waals surface area contributed by atoms with Crippen molar-refractivity contribution in [3.63, 3.8) is 0 Å². The minimum absolute atomic E-state index is 0. The molecule has 0 bridgehead atoms. The van der Waals surface area contributed by atoms with Crippen LogP contribution in [0.5, 0.6) is 5.75 Å². The third-order valence-corrected chi connectivity index (χ3v) is 6.79. The van der Waals surface area contributed by atoms with E-state index in [-0.39, 0.29) is 36.2 Å². The molecule has 2 aromatic rings. The molecule has 1 heterocycles. The first-order valence-corrected chi connectivity index (χ1v) is 12.2. The Kier molecular flexibility index (Phi) is 9.50. The zero-order valence-electron chi connectivity index (χ0n) is 18.0. The minimum Gasteiger partial charge on any atom is -0.426 e. The summed E-state index contributed by atoms with van der Waals surface area (Å²) in [5, 5.41) is 3.43. The van der Waals surface area contributed by atoms with Gasteiger partial charge in [-0.3, -0.25) is 4.79 Å². The van der Waals surface area contributed by atoms with Gasteiger partial charge in [-0.15, -0.1) is 12.4 Å². The number of rotatable bonds is 9. The Labute approximate surface area is 191 Å². The van der Waals surface area contributed by atoms with Crippen LogP contribution in [0.15, 0.2) is 48.5 Å². The number of sulfonamides is 1. The summed E-state index contributed by atoms with van der Waals surface area (Å²) in [6.45, 7) is 4.36. The van der Waals surface area contributed by atoms with Crippen LogP contribution in [-0.2, 0) is 21.2 Å². The Morgan fingerprint density at radius 1 is 1.10 bits per heavy atom. The van der Waals surface area contributed by atoms with Gasteiger partial charge in [0.05, 0.1) is 5.75 Å². The summed E-state index contributed by atoms with van der Waals surface area (Å²) in [5.74, 6) is 0.378. The van der Waals surface area contributed by atoms with Crippen LogP contribution in [-0.4, -0.2) is 38.8 Å². The zero-order valence-corrected chi connectivity index (χ0v) is 19.6. The lowest BCUT2D eigenvalue weighted by molar-refractivity contribution is -0.134. The first-order chi connectivity index (χ1) is 14.4. The van der Waals surface area contributed by atoms with Crippen molar-refractivity contribution in [2.24, 2.45) is 0 Å². The summed E-state index contributed by atoms with van der Waals surface area (Å²) >= 11 is 0. The molecule has 1 fully saturated rings. The van der Waals surface area contributed by atoms with E-state index in [0.717, 1.165) is 36.1 Å². The zero-order chi connectivity index (χ0) is 21.6. The summed E-state index contributed by atoms with van der Waals surface area (Å²) in [6, 6.07) is 15.4. The van der Waals surface area contributed by atoms with Crippen molar-refractivity contribution >= 4 is 28.4 Å². The molecule has 0 amide bonds. The van der Waals surface area contributed by atoms with Crippen molar-refractivity contribution in [2.75, 3.05) is 12.3 Å². The molecular weight excluding hydrogens is 436 g/mol. The van der Waals surface area contributed by atoms with Gasteiger partial charge in [0, 0.05) is 24.1 Å². The van der Waals surface area contributed by atoms with Crippen LogP contribution in [0.25, 0.3) is 11.1 Å². The van der Waals surface area contributed by atoms with Crippen LogP contribution in [0.4, 0.5) is 0 Å². The van der Waals surface area contributed by atoms with Gasteiger partial charge < -0.3 is 10.1 Å². The number of carbonyl (C=O) groups excluding carboxylic acids is 1. The number of halogens is 1. The molecule has 2 N–H and O–H groups in total. The molecule has 6 nitrogen and oxygen atoms in total. The molecule has 0 spiro atoms. The quantitative estimate of drug-likeness (QED) is 0.435. The predicted molar refractivity (Wildman–Crippen MR) is 126 cm³/mol. The largest absolute Gasteiger partial charge is 0.426 e. The van der Waals surface area contributed by atoms with Crippen LogP contribution in [0.3, 0.4) is 0 Å². The average Bonchev–Trinajstić information content (AvgIpc) is 3.15. The lowest BCUT2D eigenvalue weighted by Crippen LogP contribution is -2.45. The van der Waals surface area contributed by atoms with Gasteiger partial charge in [0.15, 0.2) is 0 Å². The highest BCUT2D eigenvalue weighted by molar-refractivity contribution is 7.89. The fourth-order valence-corrected chi connectivity index (χ4v) is 4.70. The monoisotopic (exact) mass is 466 g/mol. The van der Waals surface area contributed by atoms with Crippen LogP contribution in [0.1, 0.15) is 38.7 Å². The summed E-state index contributed by atoms with van der Waals surface area (Å²) in [7, 11) is -3.26. The molecule has 1 saturated heterocycles. The molecule has 8 heteroatoms. The van der Waals surface area contributed by atoms with Crippen molar-refractivity contribution in [1.29, 1.82) is 0 Å². The molecule has 3 rings (SSSR count). The topological polar surface area (TPSA) is 84.5 Å². The standard InChI is InChI=1S/C23H30N2O4S.ClH/c1-3-9-23(26)29-22-13-8-7-12-19(22)18-11-6-5-10-17(18)16-21-20(14-15-24-21)25-30(27,28)4-2;/h5-8,10-13,20-21,24-25H,3-4,9,14-16H2,1-2H3;1H. The molecule has 31 heavy (non-hydrogen) atoms. The number of ether oxygens (including phenoxy) is 1. The number of hydrogen-bond donors (Lipinski definition) is 2. The molecule has 0 aliphatic carbocycles. The lowest BCUT2D eigenvalue weighted by Gasteiger charge is -2.22. The molecule has 1 aliphatic heterocycles. The molecule has 0 radical (unpaired) electrons. The van der Waals surface area contributed by atoms with Crippen LogP contribution >= 0.6 is 12.4 Å². The average molecular weight is 467 g/mol. The Bertz CT molecular complexity index is 981. The summed E-state index contributed by atoms with van der Waals surface area (Å²) in [6.07, 6.45) is 2.54. The lowest BCUT2D eigenvalue weighted by atomic mass is 9.93. The van der Waals surface area contributed by atoms with E-state index in [0.29, 0.717) is 18.6 Å². The summed E-state index contributed by atoms with van der Waals surface area (Å²) in [4.78, 5) is 12.1. The molecule has 2 aromatic carbocycles. The second-order valence-corrected chi connectivity index (χ2v) is 9.60. The number of nitrogens with one attached hydrogen (secondary N) is 2. The Balaban J connectivity index is 0.00000341. The van der Waals surface area contributed by atoms with Gasteiger partial charge in [-0.2, -0.15) is 0 Å². The molecule has 0 saturated carbocycles. The molecule has 170 valence electrons. The van der Waals surface area contributed by atoms with E-state index in [9.17, 15) is 13.2 Å². The highest BCUT2D eigenvalue weighted by atomic mass is 35.5. The number of hydrogen-bond acceptors (Lipinski definition) is 5. The Morgan fingerprint density at radius 3 is 2.48 bits per heavy atom. The summed E-state index contributed by atoms with van der Waals surface area (Å²) < 4.78 is 32.6. The van der Waals surface area contributed by atoms with Gasteiger partial charge in [0.25, 0.3) is 0 Å². The fourth-order valence-electron chi connectivity index (χ4n) is 3.79. The van der Waals surface area contributed by atoms with E-state index >= 15 is 0 Å². The van der Waals surface area contributed by atoms with Crippen LogP contribution in [0, 0.1) is 0 Å². The van der Waals surface area contributed by atoms with Crippen molar-refractivity contribution in [3.05, 3.63) is 54.1 Å². The van der Waals surface area contributed by atoms with Gasteiger partial charge in [-0.05, 0) is 49.9 Å². The number of carbonyl (C=O) groups is 1. The van der Waals surface area contributed by atoms with Gasteiger partial charge in [-0.25, -0.2) is 13.1 Å². The maximum Gasteiger partial charge on any atom is 0.311 e. The maximum absolute atomic E-state index is 12.1. The Morgan fingerprint density at radius 2 is 1.77 bits per heavy atom. The van der Waals surface area contributed by atoms with Gasteiger partial charge in [-0.1, -0.05) is 49.4 Å². The Hall–Kier alpha value is -1.93. The van der Waals surface area contributed by atoms with E-state index in [4.69, 9.17) is 4.74 Å². The van der Waals surface area contributed by atoms with Crippen LogP contribution in [0.2, 0.25) is 0 Å². The van der Waals surface area contributed by atoms with Crippen molar-refractivity contribution in [1.82, 2.24) is 10.0 Å². The van der Waals surface area contributed by atoms with Crippen molar-refractivity contribution in [3.8, 4) is 16.9 Å². The normalized spacial score (nSPS) is 18.4. The van der Waals surface area contributed by atoms with E-state index in [1.807, 2.05) is 55.5 Å². The van der Waals surface area contributed by atoms with E-state index in [2.05, 4.69) is 10.0 Å². The molecule has 2 atom stereocenters. The first kappa shape index (κ1) is 25.3. The molecule has 1 aliphatic rings. The van der Waals surface area contributed by atoms with Gasteiger partial charge in [0.1, 0.15) is 5.75 Å². The fraction of sp³-hybridized carbons (Fsp3) is 0.435. The van der Waals surface area contributed by atoms with E-state index in [1.54, 1.807) is 6.92 Å². The third kappa shape index (κ3) is 6.77. The number of esters is 1. The van der Waals surface area contributed by atoms with Crippen LogP contribution < -0.4 is 14.8 Å². The molecule has 0 aromatic heterocycles. The minimum atomic E-state index is -3.26. The number of para-hydroxylation sites is 1. The SMILES string of the molecule is CCCC(=O)Oc1ccccc1-c1ccccc1CC1NCCC1NS(=O)(=O)CC.Cl. The van der Waals surface area contributed by atoms with Gasteiger partial charge >= 0.3 is 5.97 Å². The highest BCUT2D eigenvalue weighted by Gasteiger charge is 2.30. The maximum atomic E-state index is 12.1. The van der Waals surface area contributed by atoms with Crippen molar-refractivity contribution < 1.29 is 17.9 Å². The van der Waals surface area contributed by atoms with E-state index < -0.39 is 10.0 Å². The first-order valence-electron chi connectivity index (χ1n) is 10.5. The third-order valence-electron chi connectivity index (χ3n) is 5.37. The van der Waals surface area contributed by atoms with Gasteiger partial charge in [0.2, 0.25) is 10.0 Å². The second-order valence-electron chi connectivity index (χ2n) is 7.56. The van der Waals surface area contributed by atoms with Crippen molar-refractivity contribution in [2.45, 2.75) is 51.6 Å².